The van der Waals surface area contributed by atoms with Crippen LogP contribution >= 0.6 is 0 Å². The molecule has 0 spiro atoms. The maximum atomic E-state index is 14.0. The molecule has 0 heterocycles. The highest BCUT2D eigenvalue weighted by Gasteiger charge is 2.16. The molecule has 21 heavy (non-hydrogen) atoms. The van der Waals surface area contributed by atoms with Gasteiger partial charge in [-0.3, -0.25) is 0 Å². The standard InChI is InChI=1S/C17H19F2NO/c1-10(2)21-13-6-4-5-12(8-13)17(20)14-9-15(18)11(3)7-16(14)19/h4-10,17H,20H2,1-3H3. The van der Waals surface area contributed by atoms with Gasteiger partial charge in [0.2, 0.25) is 0 Å². The Labute approximate surface area is 123 Å². The van der Waals surface area contributed by atoms with Crippen LogP contribution in [0.3, 0.4) is 0 Å². The van der Waals surface area contributed by atoms with Crippen LogP contribution < -0.4 is 10.5 Å². The largest absolute Gasteiger partial charge is 0.491 e. The Bertz CT molecular complexity index is 641. The van der Waals surface area contributed by atoms with Crippen molar-refractivity contribution in [2.75, 3.05) is 0 Å². The van der Waals surface area contributed by atoms with Crippen molar-refractivity contribution in [3.05, 3.63) is 64.7 Å². The first-order valence-corrected chi connectivity index (χ1v) is 6.86. The van der Waals surface area contributed by atoms with E-state index in [1.54, 1.807) is 18.2 Å². The van der Waals surface area contributed by atoms with E-state index in [9.17, 15) is 8.78 Å². The van der Waals surface area contributed by atoms with Crippen molar-refractivity contribution in [1.29, 1.82) is 0 Å². The third-order valence-electron chi connectivity index (χ3n) is 3.20. The van der Waals surface area contributed by atoms with E-state index in [4.69, 9.17) is 10.5 Å². The zero-order valence-electron chi connectivity index (χ0n) is 12.4. The van der Waals surface area contributed by atoms with Gasteiger partial charge < -0.3 is 10.5 Å². The molecule has 2 aromatic rings. The minimum Gasteiger partial charge on any atom is -0.491 e. The van der Waals surface area contributed by atoms with Gasteiger partial charge in [0.15, 0.2) is 0 Å². The van der Waals surface area contributed by atoms with E-state index in [1.807, 2.05) is 19.9 Å². The van der Waals surface area contributed by atoms with Gasteiger partial charge in [-0.25, -0.2) is 8.78 Å². The Morgan fingerprint density at radius 3 is 2.43 bits per heavy atom. The van der Waals surface area contributed by atoms with Crippen LogP contribution in [0, 0.1) is 18.6 Å². The first-order chi connectivity index (χ1) is 9.88. The molecule has 0 aliphatic heterocycles. The minimum atomic E-state index is -0.740. The Morgan fingerprint density at radius 2 is 1.76 bits per heavy atom. The van der Waals surface area contributed by atoms with Crippen molar-refractivity contribution >= 4 is 0 Å². The van der Waals surface area contributed by atoms with Gasteiger partial charge in [-0.05, 0) is 56.2 Å². The third-order valence-corrected chi connectivity index (χ3v) is 3.20. The predicted octanol–water partition coefficient (Wildman–Crippen LogP) is 4.11. The number of rotatable bonds is 4. The van der Waals surface area contributed by atoms with Crippen LogP contribution in [-0.4, -0.2) is 6.10 Å². The van der Waals surface area contributed by atoms with E-state index in [0.29, 0.717) is 11.3 Å². The quantitative estimate of drug-likeness (QED) is 0.920. The summed E-state index contributed by atoms with van der Waals surface area (Å²) in [6.07, 6.45) is 0.0324. The number of nitrogens with two attached hydrogens (primary N) is 1. The molecule has 0 aromatic heterocycles. The maximum absolute atomic E-state index is 14.0. The normalized spacial score (nSPS) is 12.5. The van der Waals surface area contributed by atoms with Crippen LogP contribution in [0.2, 0.25) is 0 Å². The zero-order valence-corrected chi connectivity index (χ0v) is 12.4. The second kappa shape index (κ2) is 6.22. The molecule has 0 saturated carbocycles. The summed E-state index contributed by atoms with van der Waals surface area (Å²) in [7, 11) is 0. The molecule has 1 atom stereocenters. The lowest BCUT2D eigenvalue weighted by Crippen LogP contribution is -2.15. The number of aryl methyl sites for hydroxylation is 1. The highest BCUT2D eigenvalue weighted by molar-refractivity contribution is 5.38. The average Bonchev–Trinajstić information content (AvgIpc) is 2.41. The molecule has 0 aliphatic carbocycles. The van der Waals surface area contributed by atoms with E-state index in [0.717, 1.165) is 6.07 Å². The molecule has 0 aliphatic rings. The molecular formula is C17H19F2NO. The zero-order chi connectivity index (χ0) is 15.6. The number of halogens is 2. The Kier molecular flexibility index (Phi) is 4.58. The fraction of sp³-hybridized carbons (Fsp3) is 0.294. The van der Waals surface area contributed by atoms with E-state index in [1.165, 1.54) is 13.0 Å². The number of hydrogen-bond acceptors (Lipinski definition) is 2. The Hall–Kier alpha value is -1.94. The van der Waals surface area contributed by atoms with Crippen molar-refractivity contribution in [3.63, 3.8) is 0 Å². The fourth-order valence-corrected chi connectivity index (χ4v) is 2.13. The molecule has 112 valence electrons. The first kappa shape index (κ1) is 15.4. The smallest absolute Gasteiger partial charge is 0.128 e. The van der Waals surface area contributed by atoms with Crippen LogP contribution in [0.1, 0.15) is 36.6 Å². The molecule has 2 aromatic carbocycles. The second-order valence-corrected chi connectivity index (χ2v) is 5.34. The lowest BCUT2D eigenvalue weighted by Gasteiger charge is -2.16. The van der Waals surface area contributed by atoms with Crippen LogP contribution in [0.25, 0.3) is 0 Å². The van der Waals surface area contributed by atoms with Crippen LogP contribution in [0.5, 0.6) is 5.75 Å². The van der Waals surface area contributed by atoms with E-state index in [-0.39, 0.29) is 17.2 Å². The molecule has 2 nitrogen and oxygen atoms in total. The van der Waals surface area contributed by atoms with Gasteiger partial charge in [0.05, 0.1) is 12.1 Å². The number of hydrogen-bond donors (Lipinski definition) is 1. The summed E-state index contributed by atoms with van der Waals surface area (Å²) in [6, 6.07) is 8.70. The van der Waals surface area contributed by atoms with Crippen molar-refractivity contribution < 1.29 is 13.5 Å². The summed E-state index contributed by atoms with van der Waals surface area (Å²) in [5, 5.41) is 0. The second-order valence-electron chi connectivity index (χ2n) is 5.34. The Balaban J connectivity index is 2.36. The third kappa shape index (κ3) is 3.58. The van der Waals surface area contributed by atoms with Gasteiger partial charge in [-0.1, -0.05) is 12.1 Å². The lowest BCUT2D eigenvalue weighted by atomic mass is 9.97. The van der Waals surface area contributed by atoms with Gasteiger partial charge in [0, 0.05) is 5.56 Å². The fourth-order valence-electron chi connectivity index (χ4n) is 2.13. The van der Waals surface area contributed by atoms with E-state index < -0.39 is 17.7 Å². The van der Waals surface area contributed by atoms with Gasteiger partial charge in [0.1, 0.15) is 17.4 Å². The summed E-state index contributed by atoms with van der Waals surface area (Å²) in [5.41, 5.74) is 7.15. The molecule has 2 N–H and O–H groups in total. The number of benzene rings is 2. The summed E-state index contributed by atoms with van der Waals surface area (Å²) >= 11 is 0. The molecule has 0 amide bonds. The summed E-state index contributed by atoms with van der Waals surface area (Å²) in [6.45, 7) is 5.36. The minimum absolute atomic E-state index is 0.0324. The molecule has 0 fully saturated rings. The molecule has 0 radical (unpaired) electrons. The topological polar surface area (TPSA) is 35.2 Å². The van der Waals surface area contributed by atoms with Crippen LogP contribution in [-0.2, 0) is 0 Å². The van der Waals surface area contributed by atoms with Gasteiger partial charge in [-0.2, -0.15) is 0 Å². The van der Waals surface area contributed by atoms with E-state index >= 15 is 0 Å². The lowest BCUT2D eigenvalue weighted by molar-refractivity contribution is 0.242. The summed E-state index contributed by atoms with van der Waals surface area (Å²) in [5.74, 6) is -0.307. The van der Waals surface area contributed by atoms with Crippen molar-refractivity contribution in [2.24, 2.45) is 5.73 Å². The SMILES string of the molecule is Cc1cc(F)c(C(N)c2cccc(OC(C)C)c2)cc1F. The van der Waals surface area contributed by atoms with Crippen molar-refractivity contribution in [3.8, 4) is 5.75 Å². The van der Waals surface area contributed by atoms with Gasteiger partial charge >= 0.3 is 0 Å². The van der Waals surface area contributed by atoms with Crippen molar-refractivity contribution in [1.82, 2.24) is 0 Å². The van der Waals surface area contributed by atoms with Crippen molar-refractivity contribution in [2.45, 2.75) is 32.9 Å². The first-order valence-electron chi connectivity index (χ1n) is 6.86. The highest BCUT2D eigenvalue weighted by atomic mass is 19.1. The molecule has 0 saturated heterocycles. The number of ether oxygens (including phenoxy) is 1. The molecule has 1 unspecified atom stereocenters. The summed E-state index contributed by atoms with van der Waals surface area (Å²) in [4.78, 5) is 0. The highest BCUT2D eigenvalue weighted by Crippen LogP contribution is 2.27. The monoisotopic (exact) mass is 291 g/mol. The van der Waals surface area contributed by atoms with Crippen LogP contribution in [0.4, 0.5) is 8.78 Å². The van der Waals surface area contributed by atoms with Crippen LogP contribution in [0.15, 0.2) is 36.4 Å². The van der Waals surface area contributed by atoms with E-state index in [2.05, 4.69) is 0 Å². The molecule has 2 rings (SSSR count). The molecular weight excluding hydrogens is 272 g/mol. The summed E-state index contributed by atoms with van der Waals surface area (Å²) < 4.78 is 33.2. The van der Waals surface area contributed by atoms with Gasteiger partial charge in [-0.15, -0.1) is 0 Å². The Morgan fingerprint density at radius 1 is 1.05 bits per heavy atom. The maximum Gasteiger partial charge on any atom is 0.128 e. The van der Waals surface area contributed by atoms with Gasteiger partial charge in [0.25, 0.3) is 0 Å². The molecule has 0 bridgehead atoms. The predicted molar refractivity (Wildman–Crippen MR) is 79.3 cm³/mol. The average molecular weight is 291 g/mol. The molecule has 4 heteroatoms.